The summed E-state index contributed by atoms with van der Waals surface area (Å²) in [5, 5.41) is 1.05. The van der Waals surface area contributed by atoms with Crippen LogP contribution in [-0.4, -0.2) is 40.8 Å². The fourth-order valence-corrected chi connectivity index (χ4v) is 2.78. The number of ether oxygens (including phenoxy) is 1. The smallest absolute Gasteiger partial charge is 0.142 e. The van der Waals surface area contributed by atoms with Crippen LogP contribution in [0.2, 0.25) is 0 Å². The second-order valence-electron chi connectivity index (χ2n) is 4.84. The number of anilines is 1. The lowest BCUT2D eigenvalue weighted by Crippen LogP contribution is -2.36. The molecular weight excluding hydrogens is 240 g/mol. The molecule has 1 fully saturated rings. The summed E-state index contributed by atoms with van der Waals surface area (Å²) in [7, 11) is 0. The monoisotopic (exact) mass is 254 g/mol. The first-order chi connectivity index (χ1) is 9.43. The van der Waals surface area contributed by atoms with Gasteiger partial charge in [-0.15, -0.1) is 0 Å². The molecule has 19 heavy (non-hydrogen) atoms. The predicted molar refractivity (Wildman–Crippen MR) is 72.9 cm³/mol. The number of fused-ring (bicyclic) bond motifs is 2. The van der Waals surface area contributed by atoms with E-state index in [9.17, 15) is 0 Å². The van der Waals surface area contributed by atoms with E-state index in [1.165, 1.54) is 0 Å². The molecule has 0 aromatic carbocycles. The average Bonchev–Trinajstić information content (AvgIpc) is 2.76. The first-order valence-electron chi connectivity index (χ1n) is 6.56. The second-order valence-corrected chi connectivity index (χ2v) is 4.84. The maximum absolute atomic E-state index is 5.66. The molecule has 2 aromatic rings. The first kappa shape index (κ1) is 10.9. The molecule has 1 atom stereocenters. The van der Waals surface area contributed by atoms with Crippen molar-refractivity contribution in [1.29, 1.82) is 0 Å². The van der Waals surface area contributed by atoms with Crippen molar-refractivity contribution in [3.05, 3.63) is 30.4 Å². The van der Waals surface area contributed by atoms with Crippen molar-refractivity contribution in [3.8, 4) is 0 Å². The normalized spacial score (nSPS) is 21.9. The van der Waals surface area contributed by atoms with E-state index in [1.54, 1.807) is 12.5 Å². The largest absolute Gasteiger partial charge is 0.379 e. The highest BCUT2D eigenvalue weighted by Crippen LogP contribution is 2.31. The van der Waals surface area contributed by atoms with Crippen LogP contribution in [0.5, 0.6) is 0 Å². The van der Waals surface area contributed by atoms with Crippen LogP contribution < -0.4 is 4.90 Å². The minimum atomic E-state index is 0.231. The Kier molecular flexibility index (Phi) is 2.45. The third-order valence-electron chi connectivity index (χ3n) is 3.68. The van der Waals surface area contributed by atoms with Crippen LogP contribution in [0, 0.1) is 0 Å². The van der Waals surface area contributed by atoms with E-state index in [-0.39, 0.29) is 6.04 Å². The molecule has 2 aliphatic rings. The minimum Gasteiger partial charge on any atom is -0.379 e. The number of rotatable bonds is 0. The Morgan fingerprint density at radius 3 is 3.26 bits per heavy atom. The zero-order chi connectivity index (χ0) is 12.7. The van der Waals surface area contributed by atoms with E-state index in [0.29, 0.717) is 6.61 Å². The highest BCUT2D eigenvalue weighted by atomic mass is 16.5. The van der Waals surface area contributed by atoms with Crippen molar-refractivity contribution in [1.82, 2.24) is 15.0 Å². The van der Waals surface area contributed by atoms with Gasteiger partial charge in [0.2, 0.25) is 0 Å². The van der Waals surface area contributed by atoms with Gasteiger partial charge in [-0.1, -0.05) is 6.08 Å². The molecule has 5 nitrogen and oxygen atoms in total. The number of nitrogens with zero attached hydrogens (tertiary/aromatic N) is 4. The van der Waals surface area contributed by atoms with Gasteiger partial charge in [-0.25, -0.2) is 9.97 Å². The summed E-state index contributed by atoms with van der Waals surface area (Å²) in [5.41, 5.74) is 1.90. The third-order valence-corrected chi connectivity index (χ3v) is 3.68. The molecule has 2 aliphatic heterocycles. The molecule has 0 radical (unpaired) electrons. The number of pyridine rings is 1. The number of hydrogen-bond donors (Lipinski definition) is 0. The van der Waals surface area contributed by atoms with Gasteiger partial charge in [0.25, 0.3) is 0 Å². The summed E-state index contributed by atoms with van der Waals surface area (Å²) in [5.74, 6) is 0.980. The molecule has 5 heteroatoms. The van der Waals surface area contributed by atoms with Crippen LogP contribution >= 0.6 is 0 Å². The maximum Gasteiger partial charge on any atom is 0.142 e. The molecular formula is C14H14N4O. The van der Waals surface area contributed by atoms with Crippen LogP contribution in [0.1, 0.15) is 12.1 Å². The topological polar surface area (TPSA) is 51.1 Å². The molecule has 1 unspecified atom stereocenters. The summed E-state index contributed by atoms with van der Waals surface area (Å²) < 4.78 is 5.66. The van der Waals surface area contributed by atoms with E-state index < -0.39 is 0 Å². The van der Waals surface area contributed by atoms with Gasteiger partial charge < -0.3 is 9.64 Å². The summed E-state index contributed by atoms with van der Waals surface area (Å²) >= 11 is 0. The average molecular weight is 254 g/mol. The van der Waals surface area contributed by atoms with Crippen LogP contribution in [0.15, 0.2) is 24.7 Å². The zero-order valence-corrected chi connectivity index (χ0v) is 10.5. The van der Waals surface area contributed by atoms with Gasteiger partial charge in [-0.05, 0) is 18.6 Å². The van der Waals surface area contributed by atoms with Gasteiger partial charge >= 0.3 is 0 Å². The van der Waals surface area contributed by atoms with Gasteiger partial charge in [0, 0.05) is 19.3 Å². The Morgan fingerprint density at radius 2 is 2.26 bits per heavy atom. The molecule has 0 amide bonds. The molecule has 4 heterocycles. The van der Waals surface area contributed by atoms with Crippen LogP contribution in [0.25, 0.3) is 17.0 Å². The number of hydrogen-bond acceptors (Lipinski definition) is 5. The van der Waals surface area contributed by atoms with Crippen LogP contribution in [0.3, 0.4) is 0 Å². The Morgan fingerprint density at radius 1 is 1.26 bits per heavy atom. The van der Waals surface area contributed by atoms with Gasteiger partial charge in [-0.2, -0.15) is 0 Å². The lowest BCUT2D eigenvalue weighted by Gasteiger charge is -2.27. The second kappa shape index (κ2) is 4.28. The van der Waals surface area contributed by atoms with E-state index in [1.807, 2.05) is 6.07 Å². The molecule has 0 saturated carbocycles. The van der Waals surface area contributed by atoms with Crippen molar-refractivity contribution in [2.24, 2.45) is 0 Å². The minimum absolute atomic E-state index is 0.231. The molecule has 2 aromatic heterocycles. The van der Waals surface area contributed by atoms with E-state index in [0.717, 1.165) is 42.0 Å². The lowest BCUT2D eigenvalue weighted by atomic mass is 10.2. The fourth-order valence-electron chi connectivity index (χ4n) is 2.78. The van der Waals surface area contributed by atoms with Gasteiger partial charge in [-0.3, -0.25) is 4.98 Å². The summed E-state index contributed by atoms with van der Waals surface area (Å²) in [6.45, 7) is 2.47. The van der Waals surface area contributed by atoms with Crippen LogP contribution in [-0.2, 0) is 4.74 Å². The molecule has 0 aliphatic carbocycles. The predicted octanol–water partition coefficient (Wildman–Crippen LogP) is 1.65. The Bertz CT molecular complexity index is 650. The van der Waals surface area contributed by atoms with E-state index in [4.69, 9.17) is 4.74 Å². The highest BCUT2D eigenvalue weighted by molar-refractivity contribution is 5.96. The van der Waals surface area contributed by atoms with Crippen molar-refractivity contribution < 1.29 is 4.74 Å². The van der Waals surface area contributed by atoms with Gasteiger partial charge in [0.05, 0.1) is 29.2 Å². The van der Waals surface area contributed by atoms with Gasteiger partial charge in [0.1, 0.15) is 12.1 Å². The van der Waals surface area contributed by atoms with Crippen molar-refractivity contribution in [3.63, 3.8) is 0 Å². The quantitative estimate of drug-likeness (QED) is 0.715. The Hall–Kier alpha value is -2.01. The van der Waals surface area contributed by atoms with Crippen molar-refractivity contribution in [2.75, 3.05) is 24.7 Å². The first-order valence-corrected chi connectivity index (χ1v) is 6.56. The van der Waals surface area contributed by atoms with Crippen LogP contribution in [0.4, 0.5) is 5.82 Å². The molecule has 4 rings (SSSR count). The lowest BCUT2D eigenvalue weighted by molar-refractivity contribution is 0.142. The standard InChI is InChI=1S/C14H14N4O/c1-6-18-10(8-19-7-1)2-3-11-13-12(4-5-15-11)16-9-17-14(13)18/h2-5,9-10H,1,6-8H2. The van der Waals surface area contributed by atoms with E-state index >= 15 is 0 Å². The third kappa shape index (κ3) is 1.69. The molecule has 0 spiro atoms. The SMILES string of the molecule is C1=CC2COCCCN2c2ncnc3ccnc1c23. The van der Waals surface area contributed by atoms with Crippen molar-refractivity contribution in [2.45, 2.75) is 12.5 Å². The number of aromatic nitrogens is 3. The molecule has 96 valence electrons. The summed E-state index contributed by atoms with van der Waals surface area (Å²) in [6, 6.07) is 2.17. The Balaban J connectivity index is 1.99. The summed E-state index contributed by atoms with van der Waals surface area (Å²) in [4.78, 5) is 15.6. The van der Waals surface area contributed by atoms with Crippen molar-refractivity contribution >= 4 is 22.8 Å². The fraction of sp³-hybridized carbons (Fsp3) is 0.357. The summed E-state index contributed by atoms with van der Waals surface area (Å²) in [6.07, 6.45) is 8.68. The molecule has 0 bridgehead atoms. The maximum atomic E-state index is 5.66. The van der Waals surface area contributed by atoms with E-state index in [2.05, 4.69) is 32.0 Å². The zero-order valence-electron chi connectivity index (χ0n) is 10.5. The molecule has 0 N–H and O–H groups in total. The Labute approximate surface area is 110 Å². The van der Waals surface area contributed by atoms with Gasteiger partial charge in [0.15, 0.2) is 0 Å². The highest BCUT2D eigenvalue weighted by Gasteiger charge is 2.25. The molecule has 1 saturated heterocycles.